The second-order valence-corrected chi connectivity index (χ2v) is 4.09. The van der Waals surface area contributed by atoms with Gasteiger partial charge >= 0.3 is 5.97 Å². The Kier molecular flexibility index (Phi) is 1.43. The van der Waals surface area contributed by atoms with E-state index in [1.54, 1.807) is 0 Å². The van der Waals surface area contributed by atoms with E-state index < -0.39 is 0 Å². The van der Waals surface area contributed by atoms with Gasteiger partial charge in [-0.15, -0.1) is 11.6 Å². The van der Waals surface area contributed by atoms with Crippen molar-refractivity contribution in [2.24, 2.45) is 5.41 Å². The van der Waals surface area contributed by atoms with Crippen molar-refractivity contribution in [2.45, 2.75) is 37.7 Å². The molecule has 0 N–H and O–H groups in total. The van der Waals surface area contributed by atoms with Crippen LogP contribution in [0.25, 0.3) is 0 Å². The number of carbonyl (C=O) groups is 1. The van der Waals surface area contributed by atoms with E-state index in [1.165, 1.54) is 19.8 Å². The van der Waals surface area contributed by atoms with Crippen LogP contribution in [0.15, 0.2) is 0 Å². The van der Waals surface area contributed by atoms with E-state index in [0.717, 1.165) is 6.42 Å². The summed E-state index contributed by atoms with van der Waals surface area (Å²) in [5, 5.41) is 0.0893. The number of rotatable bonds is 1. The van der Waals surface area contributed by atoms with Crippen molar-refractivity contribution in [3.8, 4) is 0 Å². The molecule has 0 radical (unpaired) electrons. The summed E-state index contributed by atoms with van der Waals surface area (Å²) in [7, 11) is 0. The second-order valence-electron chi connectivity index (χ2n) is 3.62. The minimum absolute atomic E-state index is 0.00309. The van der Waals surface area contributed by atoms with Gasteiger partial charge in [0, 0.05) is 6.92 Å². The first-order valence-electron chi connectivity index (χ1n) is 3.95. The SMILES string of the molecule is CC(=O)OC1CC2(CC2)C1Cl. The highest BCUT2D eigenvalue weighted by molar-refractivity contribution is 6.22. The minimum atomic E-state index is -0.212. The molecule has 62 valence electrons. The van der Waals surface area contributed by atoms with Crippen LogP contribution in [0.3, 0.4) is 0 Å². The van der Waals surface area contributed by atoms with Gasteiger partial charge in [0.15, 0.2) is 0 Å². The number of hydrogen-bond acceptors (Lipinski definition) is 2. The third-order valence-corrected chi connectivity index (χ3v) is 3.47. The summed E-state index contributed by atoms with van der Waals surface area (Å²) in [4.78, 5) is 10.5. The van der Waals surface area contributed by atoms with Crippen LogP contribution in [-0.2, 0) is 9.53 Å². The first kappa shape index (κ1) is 7.41. The predicted molar refractivity (Wildman–Crippen MR) is 41.5 cm³/mol. The normalized spacial score (nSPS) is 38.0. The summed E-state index contributed by atoms with van der Waals surface area (Å²) in [5.74, 6) is -0.212. The molecule has 0 saturated heterocycles. The van der Waals surface area contributed by atoms with E-state index in [4.69, 9.17) is 16.3 Å². The smallest absolute Gasteiger partial charge is 0.302 e. The maximum atomic E-state index is 10.5. The number of ether oxygens (including phenoxy) is 1. The van der Waals surface area contributed by atoms with Crippen molar-refractivity contribution in [1.29, 1.82) is 0 Å². The molecule has 2 rings (SSSR count). The summed E-state index contributed by atoms with van der Waals surface area (Å²) in [6.45, 7) is 1.43. The summed E-state index contributed by atoms with van der Waals surface area (Å²) in [5.41, 5.74) is 0.377. The van der Waals surface area contributed by atoms with Gasteiger partial charge in [-0.2, -0.15) is 0 Å². The fourth-order valence-electron chi connectivity index (χ4n) is 1.81. The van der Waals surface area contributed by atoms with Gasteiger partial charge in [0.2, 0.25) is 0 Å². The lowest BCUT2D eigenvalue weighted by Gasteiger charge is -2.40. The zero-order valence-electron chi connectivity index (χ0n) is 6.47. The number of carbonyl (C=O) groups excluding carboxylic acids is 1. The van der Waals surface area contributed by atoms with E-state index in [0.29, 0.717) is 5.41 Å². The maximum Gasteiger partial charge on any atom is 0.302 e. The van der Waals surface area contributed by atoms with Crippen molar-refractivity contribution in [3.63, 3.8) is 0 Å². The van der Waals surface area contributed by atoms with Gasteiger partial charge < -0.3 is 4.74 Å². The van der Waals surface area contributed by atoms with E-state index >= 15 is 0 Å². The van der Waals surface area contributed by atoms with Gasteiger partial charge in [-0.1, -0.05) is 0 Å². The highest BCUT2D eigenvalue weighted by Crippen LogP contribution is 2.63. The Morgan fingerprint density at radius 1 is 1.64 bits per heavy atom. The number of hydrogen-bond donors (Lipinski definition) is 0. The van der Waals surface area contributed by atoms with Crippen LogP contribution < -0.4 is 0 Å². The van der Waals surface area contributed by atoms with Gasteiger partial charge in [-0.3, -0.25) is 4.79 Å². The largest absolute Gasteiger partial charge is 0.461 e. The molecule has 2 nitrogen and oxygen atoms in total. The van der Waals surface area contributed by atoms with Gasteiger partial charge in [-0.25, -0.2) is 0 Å². The Balaban J connectivity index is 1.87. The maximum absolute atomic E-state index is 10.5. The molecule has 11 heavy (non-hydrogen) atoms. The summed E-state index contributed by atoms with van der Waals surface area (Å²) >= 11 is 6.04. The number of halogens is 1. The molecule has 2 atom stereocenters. The number of alkyl halides is 1. The Bertz CT molecular complexity index is 198. The van der Waals surface area contributed by atoms with Gasteiger partial charge in [0.1, 0.15) is 6.10 Å². The van der Waals surface area contributed by atoms with Crippen molar-refractivity contribution in [1.82, 2.24) is 0 Å². The third kappa shape index (κ3) is 1.04. The van der Waals surface area contributed by atoms with Crippen LogP contribution in [0.5, 0.6) is 0 Å². The molecule has 0 aliphatic heterocycles. The standard InChI is InChI=1S/C8H11ClO2/c1-5(10)11-6-4-8(2-3-8)7(6)9/h6-7H,2-4H2,1H3. The molecule has 2 unspecified atom stereocenters. The van der Waals surface area contributed by atoms with Crippen molar-refractivity contribution in [3.05, 3.63) is 0 Å². The molecule has 2 aliphatic carbocycles. The summed E-state index contributed by atoms with van der Waals surface area (Å²) in [6, 6.07) is 0. The second kappa shape index (κ2) is 2.13. The molecule has 1 spiro atoms. The molecule has 0 aromatic heterocycles. The first-order chi connectivity index (χ1) is 5.14. The van der Waals surface area contributed by atoms with Crippen LogP contribution in [0.2, 0.25) is 0 Å². The average Bonchev–Trinajstić information content (AvgIpc) is 2.68. The fraction of sp³-hybridized carbons (Fsp3) is 0.875. The van der Waals surface area contributed by atoms with Crippen molar-refractivity contribution >= 4 is 17.6 Å². The quantitative estimate of drug-likeness (QED) is 0.447. The monoisotopic (exact) mass is 174 g/mol. The molecule has 3 heteroatoms. The summed E-state index contributed by atoms with van der Waals surface area (Å²) < 4.78 is 5.00. The zero-order chi connectivity index (χ0) is 8.06. The third-order valence-electron chi connectivity index (χ3n) is 2.73. The lowest BCUT2D eigenvalue weighted by atomic mass is 9.78. The van der Waals surface area contributed by atoms with Crippen LogP contribution in [-0.4, -0.2) is 17.5 Å². The van der Waals surface area contributed by atoms with E-state index in [-0.39, 0.29) is 17.5 Å². The molecule has 0 aromatic rings. The Hall–Kier alpha value is -0.240. The van der Waals surface area contributed by atoms with Crippen molar-refractivity contribution < 1.29 is 9.53 Å². The fourth-order valence-corrected chi connectivity index (χ4v) is 2.25. The molecular weight excluding hydrogens is 164 g/mol. The highest BCUT2D eigenvalue weighted by atomic mass is 35.5. The van der Waals surface area contributed by atoms with Crippen LogP contribution >= 0.6 is 11.6 Å². The van der Waals surface area contributed by atoms with Crippen LogP contribution in [0, 0.1) is 5.41 Å². The number of esters is 1. The molecule has 2 fully saturated rings. The molecule has 0 amide bonds. The van der Waals surface area contributed by atoms with E-state index in [1.807, 2.05) is 0 Å². The molecule has 2 aliphatic rings. The Morgan fingerprint density at radius 3 is 2.64 bits per heavy atom. The average molecular weight is 175 g/mol. The van der Waals surface area contributed by atoms with Crippen LogP contribution in [0.1, 0.15) is 26.2 Å². The summed E-state index contributed by atoms with van der Waals surface area (Å²) in [6.07, 6.45) is 3.43. The predicted octanol–water partition coefficient (Wildman–Crippen LogP) is 1.71. The van der Waals surface area contributed by atoms with Gasteiger partial charge in [0.25, 0.3) is 0 Å². The first-order valence-corrected chi connectivity index (χ1v) is 4.39. The van der Waals surface area contributed by atoms with E-state index in [9.17, 15) is 4.79 Å². The molecule has 0 heterocycles. The molecular formula is C8H11ClO2. The van der Waals surface area contributed by atoms with Gasteiger partial charge in [0.05, 0.1) is 5.38 Å². The lowest BCUT2D eigenvalue weighted by Crippen LogP contribution is -2.46. The Morgan fingerprint density at radius 2 is 2.27 bits per heavy atom. The lowest BCUT2D eigenvalue weighted by molar-refractivity contribution is -0.153. The Labute approximate surface area is 70.9 Å². The highest BCUT2D eigenvalue weighted by Gasteiger charge is 2.62. The minimum Gasteiger partial charge on any atom is -0.461 e. The van der Waals surface area contributed by atoms with Gasteiger partial charge in [-0.05, 0) is 24.7 Å². The van der Waals surface area contributed by atoms with Crippen molar-refractivity contribution in [2.75, 3.05) is 0 Å². The topological polar surface area (TPSA) is 26.3 Å². The zero-order valence-corrected chi connectivity index (χ0v) is 7.23. The van der Waals surface area contributed by atoms with Crippen LogP contribution in [0.4, 0.5) is 0 Å². The molecule has 0 bridgehead atoms. The van der Waals surface area contributed by atoms with E-state index in [2.05, 4.69) is 0 Å². The molecule has 2 saturated carbocycles. The molecule has 0 aromatic carbocycles.